The molecular formula is C42H36Cl2N8O6. The van der Waals surface area contributed by atoms with Crippen LogP contribution in [0.4, 0.5) is 34.1 Å². The number of carbonyl (C=O) groups excluding carboxylic acids is 6. The van der Waals surface area contributed by atoms with Crippen LogP contribution in [0.25, 0.3) is 0 Å². The van der Waals surface area contributed by atoms with E-state index in [2.05, 4.69) is 41.7 Å². The Bertz CT molecular complexity index is 2440. The van der Waals surface area contributed by atoms with Gasteiger partial charge in [-0.1, -0.05) is 59.6 Å². The fourth-order valence-corrected chi connectivity index (χ4v) is 5.87. The lowest BCUT2D eigenvalue weighted by atomic mass is 10.1. The third kappa shape index (κ3) is 11.1. The summed E-state index contributed by atoms with van der Waals surface area (Å²) in [5.41, 5.74) is 3.38. The molecule has 5 aromatic rings. The van der Waals surface area contributed by atoms with Gasteiger partial charge in [-0.05, 0) is 112 Å². The van der Waals surface area contributed by atoms with E-state index >= 15 is 0 Å². The molecule has 0 saturated heterocycles. The third-order valence-corrected chi connectivity index (χ3v) is 9.00. The quantitative estimate of drug-likeness (QED) is 0.0635. The lowest BCUT2D eigenvalue weighted by molar-refractivity contribution is -0.127. The van der Waals surface area contributed by atoms with Gasteiger partial charge in [-0.2, -0.15) is 20.5 Å². The van der Waals surface area contributed by atoms with E-state index in [1.807, 2.05) is 12.1 Å². The highest BCUT2D eigenvalue weighted by Crippen LogP contribution is 2.28. The molecule has 5 aromatic carbocycles. The Hall–Kier alpha value is -6.90. The van der Waals surface area contributed by atoms with Crippen molar-refractivity contribution in [3.63, 3.8) is 0 Å². The van der Waals surface area contributed by atoms with Crippen molar-refractivity contribution in [2.45, 2.75) is 39.8 Å². The molecule has 58 heavy (non-hydrogen) atoms. The number of nitrogens with one attached hydrogen (secondary N) is 4. The van der Waals surface area contributed by atoms with Gasteiger partial charge in [0.2, 0.25) is 12.1 Å². The number of aryl methyl sites for hydroxylation is 2. The molecule has 0 bridgehead atoms. The maximum Gasteiger partial charge on any atom is 0.258 e. The number of ketones is 2. The number of para-hydroxylation sites is 2. The number of hydrogen-bond donors (Lipinski definition) is 4. The molecule has 0 saturated carbocycles. The molecule has 0 spiro atoms. The first-order valence-corrected chi connectivity index (χ1v) is 18.3. The van der Waals surface area contributed by atoms with Crippen molar-refractivity contribution in [1.29, 1.82) is 0 Å². The molecule has 16 heteroatoms. The minimum absolute atomic E-state index is 0.113. The summed E-state index contributed by atoms with van der Waals surface area (Å²) >= 11 is 12.5. The zero-order chi connectivity index (χ0) is 41.9. The number of rotatable bonds is 14. The topological polar surface area (TPSA) is 200 Å². The molecule has 4 amide bonds. The Morgan fingerprint density at radius 1 is 0.500 bits per heavy atom. The SMILES string of the molecule is CC(=O)C(N=Nc1ccc(Cl)c(C(=O)Nc2ccccc2)c1)C(=O)Nc1cc(C)c(NC(=O)C(N=Nc2ccc(Cl)c(C(=O)Nc3ccccc3)c2)C(C)=O)c(C)c1. The molecule has 0 aliphatic rings. The highest BCUT2D eigenvalue weighted by Gasteiger charge is 2.26. The van der Waals surface area contributed by atoms with Crippen molar-refractivity contribution in [3.8, 4) is 0 Å². The summed E-state index contributed by atoms with van der Waals surface area (Å²) in [6, 6.07) is 26.3. The van der Waals surface area contributed by atoms with Crippen molar-refractivity contribution < 1.29 is 28.8 Å². The van der Waals surface area contributed by atoms with Gasteiger partial charge >= 0.3 is 0 Å². The van der Waals surface area contributed by atoms with Crippen molar-refractivity contribution >= 4 is 92.5 Å². The average molecular weight is 820 g/mol. The van der Waals surface area contributed by atoms with Crippen LogP contribution in [0.2, 0.25) is 10.0 Å². The lowest BCUT2D eigenvalue weighted by Crippen LogP contribution is -2.33. The fraction of sp³-hybridized carbons (Fsp3) is 0.143. The second kappa shape index (κ2) is 19.3. The van der Waals surface area contributed by atoms with E-state index in [4.69, 9.17) is 23.2 Å². The van der Waals surface area contributed by atoms with Crippen LogP contribution in [0.5, 0.6) is 0 Å². The van der Waals surface area contributed by atoms with E-state index in [0.717, 1.165) is 0 Å². The highest BCUT2D eigenvalue weighted by molar-refractivity contribution is 6.35. The van der Waals surface area contributed by atoms with Gasteiger partial charge in [0.1, 0.15) is 0 Å². The van der Waals surface area contributed by atoms with Crippen molar-refractivity contribution in [3.05, 3.63) is 141 Å². The molecule has 2 unspecified atom stereocenters. The summed E-state index contributed by atoms with van der Waals surface area (Å²) in [7, 11) is 0. The van der Waals surface area contributed by atoms with Gasteiger partial charge in [0, 0.05) is 22.7 Å². The highest BCUT2D eigenvalue weighted by atomic mass is 35.5. The van der Waals surface area contributed by atoms with Crippen molar-refractivity contribution in [1.82, 2.24) is 0 Å². The van der Waals surface area contributed by atoms with Crippen LogP contribution in [0.3, 0.4) is 0 Å². The molecule has 0 aliphatic heterocycles. The zero-order valence-corrected chi connectivity index (χ0v) is 33.1. The first-order chi connectivity index (χ1) is 27.7. The van der Waals surface area contributed by atoms with E-state index in [1.165, 1.54) is 50.2 Å². The summed E-state index contributed by atoms with van der Waals surface area (Å²) in [5, 5.41) is 27.2. The largest absolute Gasteiger partial charge is 0.324 e. The average Bonchev–Trinajstić information content (AvgIpc) is 3.18. The molecule has 0 heterocycles. The van der Waals surface area contributed by atoms with Crippen LogP contribution in [0.1, 0.15) is 45.7 Å². The van der Waals surface area contributed by atoms with Gasteiger partial charge < -0.3 is 21.3 Å². The monoisotopic (exact) mass is 818 g/mol. The van der Waals surface area contributed by atoms with E-state index in [1.54, 1.807) is 74.5 Å². The van der Waals surface area contributed by atoms with Crippen molar-refractivity contribution in [2.75, 3.05) is 21.3 Å². The second-order valence-corrected chi connectivity index (χ2v) is 13.7. The van der Waals surface area contributed by atoms with E-state index in [9.17, 15) is 28.8 Å². The van der Waals surface area contributed by atoms with Crippen LogP contribution in [0, 0.1) is 13.8 Å². The summed E-state index contributed by atoms with van der Waals surface area (Å²) in [4.78, 5) is 77.4. The van der Waals surface area contributed by atoms with Gasteiger partial charge in [-0.15, -0.1) is 0 Å². The minimum Gasteiger partial charge on any atom is -0.324 e. The van der Waals surface area contributed by atoms with Crippen LogP contribution in [-0.4, -0.2) is 47.3 Å². The summed E-state index contributed by atoms with van der Waals surface area (Å²) in [5.74, 6) is -3.70. The van der Waals surface area contributed by atoms with E-state index < -0.39 is 47.3 Å². The zero-order valence-electron chi connectivity index (χ0n) is 31.5. The third-order valence-electron chi connectivity index (χ3n) is 8.35. The molecule has 2 atom stereocenters. The van der Waals surface area contributed by atoms with Gasteiger partial charge in [0.05, 0.1) is 32.5 Å². The molecule has 14 nitrogen and oxygen atoms in total. The first kappa shape index (κ1) is 42.2. The number of nitrogens with zero attached hydrogens (tertiary/aromatic N) is 4. The maximum atomic E-state index is 13.4. The number of amides is 4. The van der Waals surface area contributed by atoms with Crippen LogP contribution >= 0.6 is 23.2 Å². The number of halogens is 2. The number of azo groups is 2. The normalized spacial score (nSPS) is 12.1. The Kier molecular flexibility index (Phi) is 14.1. The molecule has 0 aliphatic carbocycles. The predicted octanol–water partition coefficient (Wildman–Crippen LogP) is 9.47. The summed E-state index contributed by atoms with van der Waals surface area (Å²) in [6.45, 7) is 5.73. The molecule has 0 radical (unpaired) electrons. The van der Waals surface area contributed by atoms with Crippen molar-refractivity contribution in [2.24, 2.45) is 20.5 Å². The summed E-state index contributed by atoms with van der Waals surface area (Å²) in [6.07, 6.45) is 0. The Morgan fingerprint density at radius 3 is 1.29 bits per heavy atom. The van der Waals surface area contributed by atoms with Gasteiger partial charge in [-0.3, -0.25) is 28.8 Å². The predicted molar refractivity (Wildman–Crippen MR) is 223 cm³/mol. The Labute approximate surface area is 343 Å². The Morgan fingerprint density at radius 2 is 0.897 bits per heavy atom. The fourth-order valence-electron chi connectivity index (χ4n) is 5.46. The van der Waals surface area contributed by atoms with Gasteiger partial charge in [0.25, 0.3) is 23.6 Å². The molecular weight excluding hydrogens is 783 g/mol. The molecule has 294 valence electrons. The minimum atomic E-state index is -1.54. The molecule has 0 aromatic heterocycles. The van der Waals surface area contributed by atoms with Crippen LogP contribution in [-0.2, 0) is 19.2 Å². The standard InChI is InChI=1S/C42H36Cl2N8O6/c1-23-19-31(47-41(57)37(25(3)53)51-49-29-15-17-34(43)32(21-29)39(55)45-27-11-7-5-8-12-27)20-24(2)36(23)48-42(58)38(26(4)54)52-50-30-16-18-35(44)33(22-30)40(56)46-28-13-9-6-10-14-28/h5-22,37-38H,1-4H3,(H,45,55)(H,46,56)(H,47,57)(H,48,58). The van der Waals surface area contributed by atoms with Crippen LogP contribution < -0.4 is 21.3 Å². The number of carbonyl (C=O) groups is 6. The number of benzene rings is 5. The second-order valence-electron chi connectivity index (χ2n) is 12.9. The summed E-state index contributed by atoms with van der Waals surface area (Å²) < 4.78 is 0. The van der Waals surface area contributed by atoms with E-state index in [-0.39, 0.29) is 32.5 Å². The maximum absolute atomic E-state index is 13.4. The van der Waals surface area contributed by atoms with E-state index in [0.29, 0.717) is 33.9 Å². The number of Topliss-reactive ketones (excluding diaryl/α,β-unsaturated/α-hetero) is 2. The molecule has 4 N–H and O–H groups in total. The lowest BCUT2D eigenvalue weighted by Gasteiger charge is -2.17. The van der Waals surface area contributed by atoms with Gasteiger partial charge in [-0.25, -0.2) is 0 Å². The Balaban J connectivity index is 1.25. The number of anilines is 4. The molecule has 0 fully saturated rings. The first-order valence-electron chi connectivity index (χ1n) is 17.6. The number of hydrogen-bond acceptors (Lipinski definition) is 10. The van der Waals surface area contributed by atoms with Crippen LogP contribution in [0.15, 0.2) is 130 Å². The molecule has 5 rings (SSSR count). The van der Waals surface area contributed by atoms with Gasteiger partial charge in [0.15, 0.2) is 11.6 Å². The smallest absolute Gasteiger partial charge is 0.258 e.